The van der Waals surface area contributed by atoms with E-state index < -0.39 is 0 Å². The molecule has 2 amide bonds. The van der Waals surface area contributed by atoms with Gasteiger partial charge in [0.15, 0.2) is 10.4 Å². The fourth-order valence-electron chi connectivity index (χ4n) is 2.15. The Bertz CT molecular complexity index is 481. The Hall–Kier alpha value is -1.34. The third kappa shape index (κ3) is 3.83. The smallest absolute Gasteiger partial charge is 0.289 e. The minimum absolute atomic E-state index is 0.0299. The fraction of sp³-hybridized carbons (Fsp3) is 0.538. The molecule has 1 N–H and O–H groups in total. The van der Waals surface area contributed by atoms with Crippen molar-refractivity contribution in [3.8, 4) is 0 Å². The normalized spacial score (nSPS) is 16.2. The molecule has 1 fully saturated rings. The Morgan fingerprint density at radius 3 is 2.55 bits per heavy atom. The number of carbonyl (C=O) groups excluding carboxylic acids is 2. The lowest BCUT2D eigenvalue weighted by Gasteiger charge is -2.33. The maximum absolute atomic E-state index is 12.2. The molecule has 1 aromatic rings. The van der Waals surface area contributed by atoms with E-state index >= 15 is 0 Å². The highest BCUT2D eigenvalue weighted by molar-refractivity contribution is 9.10. The van der Waals surface area contributed by atoms with Crippen LogP contribution in [-0.2, 0) is 4.79 Å². The van der Waals surface area contributed by atoms with Gasteiger partial charge in [-0.1, -0.05) is 0 Å². The number of hydrogen-bond donors (Lipinski definition) is 1. The zero-order valence-electron chi connectivity index (χ0n) is 11.4. The average molecular weight is 344 g/mol. The zero-order chi connectivity index (χ0) is 14.5. The summed E-state index contributed by atoms with van der Waals surface area (Å²) in [5.74, 6) is 0.268. The first-order chi connectivity index (χ1) is 9.60. The second kappa shape index (κ2) is 6.90. The molecule has 1 aromatic heterocycles. The molecular formula is C13H18BrN3O3. The van der Waals surface area contributed by atoms with E-state index in [0.717, 1.165) is 0 Å². The first kappa shape index (κ1) is 15.1. The third-order valence-electron chi connectivity index (χ3n) is 3.18. The molecule has 0 bridgehead atoms. The molecule has 1 aliphatic heterocycles. The molecule has 1 saturated heterocycles. The topological polar surface area (TPSA) is 65.8 Å². The number of hydrogen-bond acceptors (Lipinski definition) is 4. The van der Waals surface area contributed by atoms with Crippen LogP contribution in [-0.4, -0.2) is 60.9 Å². The monoisotopic (exact) mass is 343 g/mol. The number of nitrogens with one attached hydrogen (secondary N) is 1. The van der Waals surface area contributed by atoms with Crippen LogP contribution in [0.25, 0.3) is 0 Å². The number of halogens is 1. The van der Waals surface area contributed by atoms with Crippen molar-refractivity contribution in [2.45, 2.75) is 6.92 Å². The predicted molar refractivity (Wildman–Crippen MR) is 77.4 cm³/mol. The van der Waals surface area contributed by atoms with Crippen molar-refractivity contribution in [2.75, 3.05) is 39.3 Å². The van der Waals surface area contributed by atoms with E-state index in [2.05, 4.69) is 21.2 Å². The van der Waals surface area contributed by atoms with Gasteiger partial charge in [-0.15, -0.1) is 0 Å². The lowest BCUT2D eigenvalue weighted by Crippen LogP contribution is -2.51. The van der Waals surface area contributed by atoms with Crippen LogP contribution >= 0.6 is 15.9 Å². The predicted octanol–water partition coefficient (Wildman–Crippen LogP) is 0.936. The Labute approximate surface area is 126 Å². The van der Waals surface area contributed by atoms with Gasteiger partial charge in [0.05, 0.1) is 6.54 Å². The van der Waals surface area contributed by atoms with E-state index in [1.807, 2.05) is 11.8 Å². The van der Waals surface area contributed by atoms with Crippen LogP contribution in [0, 0.1) is 0 Å². The van der Waals surface area contributed by atoms with Crippen molar-refractivity contribution in [3.05, 3.63) is 22.6 Å². The van der Waals surface area contributed by atoms with E-state index in [0.29, 0.717) is 49.7 Å². The van der Waals surface area contributed by atoms with E-state index in [1.54, 1.807) is 17.0 Å². The largest absolute Gasteiger partial charge is 0.444 e. The van der Waals surface area contributed by atoms with E-state index in [9.17, 15) is 9.59 Å². The van der Waals surface area contributed by atoms with Crippen molar-refractivity contribution < 1.29 is 14.0 Å². The molecule has 0 aromatic carbocycles. The van der Waals surface area contributed by atoms with Gasteiger partial charge in [0.2, 0.25) is 5.91 Å². The molecule has 0 radical (unpaired) electrons. The molecule has 0 unspecified atom stereocenters. The van der Waals surface area contributed by atoms with Crippen molar-refractivity contribution >= 4 is 27.7 Å². The van der Waals surface area contributed by atoms with Crippen LogP contribution in [0.2, 0.25) is 0 Å². The summed E-state index contributed by atoms with van der Waals surface area (Å²) in [5.41, 5.74) is 0. The van der Waals surface area contributed by atoms with Gasteiger partial charge in [-0.3, -0.25) is 14.5 Å². The molecule has 110 valence electrons. The molecule has 2 rings (SSSR count). The van der Waals surface area contributed by atoms with E-state index in [1.165, 1.54) is 0 Å². The van der Waals surface area contributed by atoms with Gasteiger partial charge in [-0.2, -0.15) is 0 Å². The molecule has 1 aliphatic rings. The summed E-state index contributed by atoms with van der Waals surface area (Å²) in [5, 5.41) is 2.77. The summed E-state index contributed by atoms with van der Waals surface area (Å²) in [6.07, 6.45) is 0. The van der Waals surface area contributed by atoms with Crippen LogP contribution in [0.1, 0.15) is 17.5 Å². The molecule has 0 saturated carbocycles. The Kier molecular flexibility index (Phi) is 5.19. The molecule has 20 heavy (non-hydrogen) atoms. The molecular weight excluding hydrogens is 326 g/mol. The quantitative estimate of drug-likeness (QED) is 0.883. The van der Waals surface area contributed by atoms with E-state index in [-0.39, 0.29) is 11.8 Å². The molecule has 6 nitrogen and oxygen atoms in total. The van der Waals surface area contributed by atoms with Crippen molar-refractivity contribution in [1.82, 2.24) is 15.1 Å². The minimum Gasteiger partial charge on any atom is -0.444 e. The number of likely N-dealkylation sites (N-methyl/N-ethyl adjacent to an activating group) is 1. The molecule has 0 spiro atoms. The van der Waals surface area contributed by atoms with Gasteiger partial charge in [-0.25, -0.2) is 0 Å². The van der Waals surface area contributed by atoms with Crippen molar-refractivity contribution in [1.29, 1.82) is 0 Å². The summed E-state index contributed by atoms with van der Waals surface area (Å²) in [7, 11) is 0. The third-order valence-corrected chi connectivity index (χ3v) is 3.61. The van der Waals surface area contributed by atoms with Gasteiger partial charge in [0.1, 0.15) is 0 Å². The van der Waals surface area contributed by atoms with E-state index in [4.69, 9.17) is 4.42 Å². The van der Waals surface area contributed by atoms with Crippen LogP contribution in [0.3, 0.4) is 0 Å². The number of piperazine rings is 1. The highest BCUT2D eigenvalue weighted by atomic mass is 79.9. The van der Waals surface area contributed by atoms with Gasteiger partial charge < -0.3 is 14.6 Å². The zero-order valence-corrected chi connectivity index (χ0v) is 13.0. The Morgan fingerprint density at radius 2 is 2.00 bits per heavy atom. The van der Waals surface area contributed by atoms with Gasteiger partial charge in [0.25, 0.3) is 5.91 Å². The number of carbonyl (C=O) groups is 2. The standard InChI is InChI=1S/C13H18BrN3O3/c1-2-15-12(18)9-16-5-7-17(8-6-16)13(19)10-3-4-11(14)20-10/h3-4H,2,5-9H2,1H3,(H,15,18). The maximum Gasteiger partial charge on any atom is 0.289 e. The second-order valence-electron chi connectivity index (χ2n) is 4.63. The van der Waals surface area contributed by atoms with Gasteiger partial charge in [-0.05, 0) is 35.0 Å². The SMILES string of the molecule is CCNC(=O)CN1CCN(C(=O)c2ccc(Br)o2)CC1. The summed E-state index contributed by atoms with van der Waals surface area (Å²) < 4.78 is 5.82. The first-order valence-electron chi connectivity index (χ1n) is 6.64. The highest BCUT2D eigenvalue weighted by Crippen LogP contribution is 2.16. The molecule has 2 heterocycles. The van der Waals surface area contributed by atoms with Crippen molar-refractivity contribution in [3.63, 3.8) is 0 Å². The van der Waals surface area contributed by atoms with Crippen LogP contribution < -0.4 is 5.32 Å². The number of nitrogens with zero attached hydrogens (tertiary/aromatic N) is 2. The summed E-state index contributed by atoms with van der Waals surface area (Å²) in [6.45, 7) is 5.55. The highest BCUT2D eigenvalue weighted by Gasteiger charge is 2.24. The molecule has 7 heteroatoms. The number of amides is 2. The molecule has 0 aliphatic carbocycles. The summed E-state index contributed by atoms with van der Waals surface area (Å²) in [4.78, 5) is 27.5. The lowest BCUT2D eigenvalue weighted by atomic mass is 10.3. The number of furan rings is 1. The Morgan fingerprint density at radius 1 is 1.30 bits per heavy atom. The summed E-state index contributed by atoms with van der Waals surface area (Å²) >= 11 is 3.19. The lowest BCUT2D eigenvalue weighted by molar-refractivity contribution is -0.122. The second-order valence-corrected chi connectivity index (χ2v) is 5.41. The summed E-state index contributed by atoms with van der Waals surface area (Å²) in [6, 6.07) is 3.37. The van der Waals surface area contributed by atoms with Crippen LogP contribution in [0.4, 0.5) is 0 Å². The molecule has 0 atom stereocenters. The fourth-order valence-corrected chi connectivity index (χ4v) is 2.46. The van der Waals surface area contributed by atoms with Crippen LogP contribution in [0.5, 0.6) is 0 Å². The average Bonchev–Trinajstić information content (AvgIpc) is 2.86. The minimum atomic E-state index is -0.103. The van der Waals surface area contributed by atoms with Crippen LogP contribution in [0.15, 0.2) is 21.2 Å². The first-order valence-corrected chi connectivity index (χ1v) is 7.43. The van der Waals surface area contributed by atoms with Crippen molar-refractivity contribution in [2.24, 2.45) is 0 Å². The Balaban J connectivity index is 1.82. The van der Waals surface area contributed by atoms with Gasteiger partial charge >= 0.3 is 0 Å². The number of rotatable bonds is 4. The van der Waals surface area contributed by atoms with Gasteiger partial charge in [0, 0.05) is 32.7 Å². The maximum atomic E-state index is 12.2.